The maximum Gasteiger partial charge on any atom is 2.00 e. The van der Waals surface area contributed by atoms with Crippen LogP contribution in [0.15, 0.2) is 231 Å². The number of benzene rings is 8. The molecule has 2 heterocycles. The van der Waals surface area contributed by atoms with E-state index in [2.05, 4.69) is 223 Å². The Kier molecular flexibility index (Phi) is 17.9. The molecule has 0 N–H and O–H groups in total. The van der Waals surface area contributed by atoms with Crippen molar-refractivity contribution < 1.29 is 29.8 Å². The molecular formula is C50H40F2N8P2Pt+2. The van der Waals surface area contributed by atoms with E-state index >= 15 is 0 Å². The fourth-order valence-corrected chi connectivity index (χ4v) is 11.5. The Balaban J connectivity index is 0.000000142. The van der Waals surface area contributed by atoms with Gasteiger partial charge in [0.2, 0.25) is 0 Å². The summed E-state index contributed by atoms with van der Waals surface area (Å²) in [6, 6.07) is 76.7. The van der Waals surface area contributed by atoms with Crippen molar-refractivity contribution in [3.8, 4) is 22.8 Å². The molecule has 0 aliphatic carbocycles. The van der Waals surface area contributed by atoms with E-state index < -0.39 is 15.8 Å². The molecule has 8 aromatic carbocycles. The van der Waals surface area contributed by atoms with E-state index in [1.807, 2.05) is 0 Å². The summed E-state index contributed by atoms with van der Waals surface area (Å²) in [5, 5.41) is 36.4. The van der Waals surface area contributed by atoms with Gasteiger partial charge < -0.3 is 10.2 Å². The van der Waals surface area contributed by atoms with Crippen LogP contribution < -0.4 is 42.0 Å². The molecular weight excluding hydrogens is 1010 g/mol. The van der Waals surface area contributed by atoms with E-state index in [0.717, 1.165) is 0 Å². The SMILES string of the molecule is Fc1ccc(-c2nnn[n-]2)cc1.Fc1ccc(-c2nnn[n-]2)cc1.[Pt+2].c1ccc([PH+](c2ccccc2)c2ccccc2)cc1.c1ccc([PH+](c2ccccc2)c2ccccc2)cc1. The summed E-state index contributed by atoms with van der Waals surface area (Å²) < 4.78 is 24.9. The fourth-order valence-electron chi connectivity index (χ4n) is 6.35. The molecule has 2 aromatic heterocycles. The van der Waals surface area contributed by atoms with Gasteiger partial charge in [0.1, 0.15) is 43.5 Å². The second kappa shape index (κ2) is 24.7. The Labute approximate surface area is 381 Å². The summed E-state index contributed by atoms with van der Waals surface area (Å²) in [5.41, 5.74) is 1.42. The first-order chi connectivity index (χ1) is 30.6. The second-order valence-electron chi connectivity index (χ2n) is 13.4. The smallest absolute Gasteiger partial charge is 0.330 e. The molecule has 0 atom stereocenters. The Morgan fingerprint density at radius 3 is 0.714 bits per heavy atom. The van der Waals surface area contributed by atoms with Gasteiger partial charge in [-0.25, -0.2) is 8.78 Å². The molecule has 63 heavy (non-hydrogen) atoms. The Morgan fingerprint density at radius 1 is 0.302 bits per heavy atom. The number of halogens is 2. The maximum atomic E-state index is 12.5. The molecule has 0 unspecified atom stereocenters. The van der Waals surface area contributed by atoms with Crippen LogP contribution in [0.4, 0.5) is 8.78 Å². The van der Waals surface area contributed by atoms with Gasteiger partial charge in [-0.15, -0.1) is 0 Å². The van der Waals surface area contributed by atoms with Gasteiger partial charge in [-0.2, -0.15) is 10.4 Å². The maximum absolute atomic E-state index is 12.5. The minimum Gasteiger partial charge on any atom is -0.330 e. The van der Waals surface area contributed by atoms with Crippen LogP contribution in [0.25, 0.3) is 22.8 Å². The van der Waals surface area contributed by atoms with Crippen LogP contribution >= 0.6 is 15.8 Å². The molecule has 0 aliphatic rings. The molecule has 10 rings (SSSR count). The predicted octanol–water partition coefficient (Wildman–Crippen LogP) is 7.62. The summed E-state index contributed by atoms with van der Waals surface area (Å²) in [5.74, 6) is 0.252. The average molecular weight is 1050 g/mol. The molecule has 0 aliphatic heterocycles. The summed E-state index contributed by atoms with van der Waals surface area (Å²) in [6.07, 6.45) is 0. The third-order valence-electron chi connectivity index (χ3n) is 9.22. The largest absolute Gasteiger partial charge is 2.00 e. The van der Waals surface area contributed by atoms with E-state index in [9.17, 15) is 8.78 Å². The first-order valence-corrected chi connectivity index (χ1v) is 22.6. The van der Waals surface area contributed by atoms with Crippen LogP contribution in [0, 0.1) is 11.6 Å². The number of hydrogen-bond donors (Lipinski definition) is 0. The van der Waals surface area contributed by atoms with Gasteiger partial charge in [0.05, 0.1) is 15.8 Å². The van der Waals surface area contributed by atoms with Gasteiger partial charge in [0.15, 0.2) is 0 Å². The minimum absolute atomic E-state index is 0. The summed E-state index contributed by atoms with van der Waals surface area (Å²) >= 11 is 0. The van der Waals surface area contributed by atoms with Crippen LogP contribution in [0.3, 0.4) is 0 Å². The zero-order chi connectivity index (χ0) is 42.6. The van der Waals surface area contributed by atoms with Crippen molar-refractivity contribution in [3.05, 3.63) is 242 Å². The Hall–Kier alpha value is -6.69. The van der Waals surface area contributed by atoms with Crippen LogP contribution in [0.2, 0.25) is 0 Å². The van der Waals surface area contributed by atoms with Crippen molar-refractivity contribution in [1.29, 1.82) is 0 Å². The van der Waals surface area contributed by atoms with Crippen molar-refractivity contribution in [3.63, 3.8) is 0 Å². The van der Waals surface area contributed by atoms with Crippen LogP contribution in [0.5, 0.6) is 0 Å². The van der Waals surface area contributed by atoms with Crippen molar-refractivity contribution in [2.24, 2.45) is 0 Å². The fraction of sp³-hybridized carbons (Fsp3) is 0. The zero-order valence-electron chi connectivity index (χ0n) is 33.6. The molecule has 0 spiro atoms. The molecule has 0 saturated heterocycles. The van der Waals surface area contributed by atoms with E-state index in [-0.39, 0.29) is 32.7 Å². The first kappa shape index (κ1) is 45.8. The number of aromatic nitrogens is 8. The molecule has 312 valence electrons. The zero-order valence-corrected chi connectivity index (χ0v) is 37.9. The van der Waals surface area contributed by atoms with Gasteiger partial charge in [-0.3, -0.25) is 20.6 Å². The van der Waals surface area contributed by atoms with Gasteiger partial charge in [0, 0.05) is 11.6 Å². The molecule has 0 bridgehead atoms. The van der Waals surface area contributed by atoms with Gasteiger partial charge in [-0.1, -0.05) is 133 Å². The van der Waals surface area contributed by atoms with Gasteiger partial charge >= 0.3 is 21.1 Å². The summed E-state index contributed by atoms with van der Waals surface area (Å²) in [4.78, 5) is 0. The van der Waals surface area contributed by atoms with E-state index in [1.54, 1.807) is 24.3 Å². The van der Waals surface area contributed by atoms with Gasteiger partial charge in [-0.05, 0) is 108 Å². The predicted molar refractivity (Wildman–Crippen MR) is 250 cm³/mol. The van der Waals surface area contributed by atoms with E-state index in [4.69, 9.17) is 0 Å². The average Bonchev–Trinajstić information content (AvgIpc) is 4.10. The number of tetrazole rings is 2. The monoisotopic (exact) mass is 1050 g/mol. The quantitative estimate of drug-likeness (QED) is 0.143. The summed E-state index contributed by atoms with van der Waals surface area (Å²) in [7, 11) is -1.75. The molecule has 0 radical (unpaired) electrons. The summed E-state index contributed by atoms with van der Waals surface area (Å²) in [6.45, 7) is 0. The molecule has 13 heteroatoms. The first-order valence-electron chi connectivity index (χ1n) is 19.6. The van der Waals surface area contributed by atoms with Crippen molar-refractivity contribution in [2.45, 2.75) is 0 Å². The molecule has 0 fully saturated rings. The third kappa shape index (κ3) is 13.6. The Morgan fingerprint density at radius 2 is 0.524 bits per heavy atom. The van der Waals surface area contributed by atoms with Crippen LogP contribution in [-0.2, 0) is 21.1 Å². The van der Waals surface area contributed by atoms with E-state index in [1.165, 1.54) is 56.1 Å². The third-order valence-corrected chi connectivity index (χ3v) is 14.7. The normalized spacial score (nSPS) is 10.2. The van der Waals surface area contributed by atoms with Crippen molar-refractivity contribution in [2.75, 3.05) is 0 Å². The Bertz CT molecular complexity index is 2350. The number of nitrogens with zero attached hydrogens (tertiary/aromatic N) is 8. The van der Waals surface area contributed by atoms with Crippen molar-refractivity contribution in [1.82, 2.24) is 41.2 Å². The van der Waals surface area contributed by atoms with Crippen LogP contribution in [-0.4, -0.2) is 31.1 Å². The minimum atomic E-state index is -0.877. The van der Waals surface area contributed by atoms with E-state index in [0.29, 0.717) is 22.8 Å². The topological polar surface area (TPSA) is 106 Å². The molecule has 0 amide bonds. The van der Waals surface area contributed by atoms with Crippen LogP contribution in [0.1, 0.15) is 0 Å². The molecule has 0 saturated carbocycles. The second-order valence-corrected chi connectivity index (χ2v) is 18.3. The number of rotatable bonds is 8. The molecule has 10 aromatic rings. The molecule has 8 nitrogen and oxygen atoms in total. The standard InChI is InChI=1S/2C18H15P.2C7H4FN4.Pt/c2*1-4-10-16(11-5-1)19(17-12-6-2-7-13-17)18-14-8-3-9-15-18;2*8-6-3-1-5(2-4-6)7-9-11-12-10-7;/h2*1-15H;2*1-4H;/q;;2*-1;+2/p+2. The van der Waals surface area contributed by atoms with Crippen molar-refractivity contribution >= 4 is 47.7 Å². The number of hydrogen-bond acceptors (Lipinski definition) is 6. The van der Waals surface area contributed by atoms with Gasteiger partial charge in [0.25, 0.3) is 0 Å².